The van der Waals surface area contributed by atoms with Crippen LogP contribution >= 0.6 is 0 Å². The SMILES string of the molecule is CCN(CC)C(=N/C(=C\C(=O)OC)C(=O)OC)/C(=C(/OC)c1ccccn1)c1ccc(OC)cc1. The minimum atomic E-state index is -0.786. The number of aliphatic imine (C=N–C) groups is 1. The number of ether oxygens (including phenoxy) is 4. The molecule has 0 aliphatic rings. The van der Waals surface area contributed by atoms with Crippen LogP contribution in [0.5, 0.6) is 5.75 Å². The van der Waals surface area contributed by atoms with Crippen molar-refractivity contribution < 1.29 is 28.5 Å². The molecule has 0 amide bonds. The van der Waals surface area contributed by atoms with Crippen LogP contribution in [0.1, 0.15) is 25.1 Å². The van der Waals surface area contributed by atoms with E-state index in [1.807, 2.05) is 55.1 Å². The number of carbonyl (C=O) groups excluding carboxylic acids is 2. The van der Waals surface area contributed by atoms with Crippen LogP contribution in [0, 0.1) is 0 Å². The van der Waals surface area contributed by atoms with Gasteiger partial charge >= 0.3 is 11.9 Å². The number of nitrogens with zero attached hydrogens (tertiary/aromatic N) is 3. The number of hydrogen-bond donors (Lipinski definition) is 0. The predicted octanol–water partition coefficient (Wildman–Crippen LogP) is 3.58. The molecule has 9 nitrogen and oxygen atoms in total. The van der Waals surface area contributed by atoms with Gasteiger partial charge in [0.15, 0.2) is 11.5 Å². The fraction of sp³-hybridized carbons (Fsp3) is 0.308. The molecular formula is C26H31N3O6. The minimum Gasteiger partial charge on any atom is -0.497 e. The maximum Gasteiger partial charge on any atom is 0.357 e. The molecule has 0 aliphatic carbocycles. The lowest BCUT2D eigenvalue weighted by atomic mass is 10.00. The van der Waals surface area contributed by atoms with E-state index in [4.69, 9.17) is 18.9 Å². The molecule has 0 fully saturated rings. The highest BCUT2D eigenvalue weighted by Gasteiger charge is 2.25. The first-order chi connectivity index (χ1) is 16.9. The van der Waals surface area contributed by atoms with Gasteiger partial charge in [0.25, 0.3) is 0 Å². The molecule has 1 heterocycles. The molecule has 1 aromatic carbocycles. The molecule has 0 bridgehead atoms. The summed E-state index contributed by atoms with van der Waals surface area (Å²) in [7, 11) is 5.56. The smallest absolute Gasteiger partial charge is 0.357 e. The molecule has 9 heteroatoms. The molecule has 0 radical (unpaired) electrons. The summed E-state index contributed by atoms with van der Waals surface area (Å²) in [6.07, 6.45) is 2.65. The Morgan fingerprint density at radius 2 is 1.63 bits per heavy atom. The number of esters is 2. The van der Waals surface area contributed by atoms with Gasteiger partial charge in [-0.1, -0.05) is 18.2 Å². The van der Waals surface area contributed by atoms with Crippen molar-refractivity contribution in [2.24, 2.45) is 4.99 Å². The van der Waals surface area contributed by atoms with Gasteiger partial charge in [0.05, 0.1) is 40.1 Å². The molecule has 0 N–H and O–H groups in total. The van der Waals surface area contributed by atoms with Gasteiger partial charge in [0, 0.05) is 19.3 Å². The van der Waals surface area contributed by atoms with Crippen LogP contribution in [0.4, 0.5) is 0 Å². The van der Waals surface area contributed by atoms with Gasteiger partial charge in [-0.2, -0.15) is 0 Å². The van der Waals surface area contributed by atoms with Gasteiger partial charge in [-0.3, -0.25) is 4.98 Å². The van der Waals surface area contributed by atoms with Gasteiger partial charge in [-0.15, -0.1) is 0 Å². The second-order valence-electron chi connectivity index (χ2n) is 7.00. The van der Waals surface area contributed by atoms with Crippen LogP contribution in [0.15, 0.2) is 65.4 Å². The van der Waals surface area contributed by atoms with E-state index < -0.39 is 11.9 Å². The summed E-state index contributed by atoms with van der Waals surface area (Å²) in [4.78, 5) is 35.6. The normalized spacial score (nSPS) is 12.4. The van der Waals surface area contributed by atoms with E-state index in [9.17, 15) is 9.59 Å². The predicted molar refractivity (Wildman–Crippen MR) is 134 cm³/mol. The topological polar surface area (TPSA) is 99.6 Å². The van der Waals surface area contributed by atoms with Crippen molar-refractivity contribution in [3.05, 3.63) is 71.7 Å². The Labute approximate surface area is 205 Å². The van der Waals surface area contributed by atoms with Crippen molar-refractivity contribution in [3.8, 4) is 5.75 Å². The van der Waals surface area contributed by atoms with Gasteiger partial charge < -0.3 is 23.8 Å². The highest BCUT2D eigenvalue weighted by molar-refractivity contribution is 6.29. The second kappa shape index (κ2) is 13.5. The first-order valence-electron chi connectivity index (χ1n) is 11.0. The molecule has 2 aromatic rings. The van der Waals surface area contributed by atoms with E-state index in [1.54, 1.807) is 26.5 Å². The summed E-state index contributed by atoms with van der Waals surface area (Å²) >= 11 is 0. The number of hydrogen-bond acceptors (Lipinski definition) is 8. The molecule has 186 valence electrons. The van der Waals surface area contributed by atoms with Crippen LogP contribution in [0.25, 0.3) is 11.3 Å². The number of aromatic nitrogens is 1. The van der Waals surface area contributed by atoms with Gasteiger partial charge in [-0.25, -0.2) is 14.6 Å². The number of carbonyl (C=O) groups is 2. The number of amidine groups is 1. The lowest BCUT2D eigenvalue weighted by Gasteiger charge is -2.27. The van der Waals surface area contributed by atoms with E-state index in [0.29, 0.717) is 41.7 Å². The molecule has 0 saturated carbocycles. The van der Waals surface area contributed by atoms with E-state index >= 15 is 0 Å². The Morgan fingerprint density at radius 1 is 0.943 bits per heavy atom. The van der Waals surface area contributed by atoms with E-state index in [0.717, 1.165) is 11.6 Å². The van der Waals surface area contributed by atoms with Crippen LogP contribution in [0.3, 0.4) is 0 Å². The van der Waals surface area contributed by atoms with Crippen LogP contribution < -0.4 is 4.74 Å². The summed E-state index contributed by atoms with van der Waals surface area (Å²) < 4.78 is 20.8. The Morgan fingerprint density at radius 3 is 2.11 bits per heavy atom. The van der Waals surface area contributed by atoms with E-state index in [2.05, 4.69) is 9.98 Å². The largest absolute Gasteiger partial charge is 0.497 e. The third-order valence-corrected chi connectivity index (χ3v) is 5.07. The average molecular weight is 482 g/mol. The van der Waals surface area contributed by atoms with E-state index in [1.165, 1.54) is 14.2 Å². The minimum absolute atomic E-state index is 0.219. The molecule has 0 saturated heterocycles. The van der Waals surface area contributed by atoms with Crippen molar-refractivity contribution in [1.29, 1.82) is 0 Å². The first kappa shape index (κ1) is 27.1. The van der Waals surface area contributed by atoms with Crippen LogP contribution in [-0.4, -0.2) is 69.2 Å². The van der Waals surface area contributed by atoms with Crippen molar-refractivity contribution in [3.63, 3.8) is 0 Å². The van der Waals surface area contributed by atoms with Gasteiger partial charge in [-0.05, 0) is 43.7 Å². The zero-order valence-electron chi connectivity index (χ0n) is 20.9. The number of pyridine rings is 1. The fourth-order valence-corrected chi connectivity index (χ4v) is 3.29. The molecular weight excluding hydrogens is 450 g/mol. The summed E-state index contributed by atoms with van der Waals surface area (Å²) in [5.74, 6) is -0.0235. The molecule has 1 aromatic heterocycles. The Bertz CT molecular complexity index is 1090. The molecule has 2 rings (SSSR count). The highest BCUT2D eigenvalue weighted by atomic mass is 16.5. The third-order valence-electron chi connectivity index (χ3n) is 5.07. The number of likely N-dealkylation sites (N-methyl/N-ethyl adjacent to an activating group) is 1. The average Bonchev–Trinajstić information content (AvgIpc) is 2.91. The third kappa shape index (κ3) is 6.92. The molecule has 35 heavy (non-hydrogen) atoms. The summed E-state index contributed by atoms with van der Waals surface area (Å²) in [6, 6.07) is 12.8. The number of benzene rings is 1. The van der Waals surface area contributed by atoms with Gasteiger partial charge in [0.2, 0.25) is 0 Å². The standard InChI is InChI=1S/C26H31N3O6/c1-7-29(8-2)25(28-21(26(31)35-6)17-22(30)33-4)23(18-12-14-19(32-3)15-13-18)24(34-5)20-11-9-10-16-27-20/h9-17H,7-8H2,1-6H3/b21-17-,24-23+,28-25+. The Kier molecular flexibility index (Phi) is 10.5. The van der Waals surface area contributed by atoms with Gasteiger partial charge in [0.1, 0.15) is 17.3 Å². The first-order valence-corrected chi connectivity index (χ1v) is 11.0. The summed E-state index contributed by atoms with van der Waals surface area (Å²) in [5.41, 5.74) is 1.65. The monoisotopic (exact) mass is 481 g/mol. The summed E-state index contributed by atoms with van der Waals surface area (Å²) in [6.45, 7) is 5.03. The second-order valence-corrected chi connectivity index (χ2v) is 7.00. The van der Waals surface area contributed by atoms with Crippen LogP contribution in [0.2, 0.25) is 0 Å². The Hall–Kier alpha value is -4.14. The molecule has 0 aliphatic heterocycles. The molecule has 0 unspecified atom stereocenters. The lowest BCUT2D eigenvalue weighted by molar-refractivity contribution is -0.138. The zero-order chi connectivity index (χ0) is 25.8. The van der Waals surface area contributed by atoms with Crippen molar-refractivity contribution in [2.45, 2.75) is 13.8 Å². The number of methoxy groups -OCH3 is 4. The highest BCUT2D eigenvalue weighted by Crippen LogP contribution is 2.30. The number of rotatable bonds is 10. The zero-order valence-corrected chi connectivity index (χ0v) is 20.9. The van der Waals surface area contributed by atoms with Crippen molar-refractivity contribution >= 4 is 29.1 Å². The summed E-state index contributed by atoms with van der Waals surface area (Å²) in [5, 5.41) is 0. The maximum atomic E-state index is 12.6. The lowest BCUT2D eigenvalue weighted by Crippen LogP contribution is -2.33. The molecule has 0 atom stereocenters. The maximum absolute atomic E-state index is 12.6. The Balaban J connectivity index is 2.97. The van der Waals surface area contributed by atoms with Crippen molar-refractivity contribution in [1.82, 2.24) is 9.88 Å². The van der Waals surface area contributed by atoms with E-state index in [-0.39, 0.29) is 5.70 Å². The fourth-order valence-electron chi connectivity index (χ4n) is 3.29. The van der Waals surface area contributed by atoms with Crippen molar-refractivity contribution in [2.75, 3.05) is 41.5 Å². The quantitative estimate of drug-likeness (QED) is 0.167. The van der Waals surface area contributed by atoms with Crippen LogP contribution in [-0.2, 0) is 23.8 Å². The molecule has 0 spiro atoms.